The third kappa shape index (κ3) is 6.54. The van der Waals surface area contributed by atoms with Gasteiger partial charge in [0.1, 0.15) is 17.1 Å². The molecule has 1 aromatic carbocycles. The largest absolute Gasteiger partial charge is 0.449 e. The number of hydrogen-bond donors (Lipinski definition) is 2. The summed E-state index contributed by atoms with van der Waals surface area (Å²) in [6.45, 7) is 3.19. The highest BCUT2D eigenvalue weighted by atomic mass is 35.5. The number of furan rings is 1. The lowest BCUT2D eigenvalue weighted by Crippen LogP contribution is -2.37. The number of aromatic nitrogens is 1. The highest BCUT2D eigenvalue weighted by Gasteiger charge is 2.34. The van der Waals surface area contributed by atoms with E-state index in [2.05, 4.69) is 15.6 Å². The molecular weight excluding hydrogens is 570 g/mol. The van der Waals surface area contributed by atoms with Crippen LogP contribution in [0.3, 0.4) is 0 Å². The molecule has 3 fully saturated rings. The standard InChI is InChI=1S/C32H36ClN5O5/c33-23-10-12-26(34-19-23)35-31(41)29-28(24-17-20(5-11-25(24)43-29)18-27(39)37-13-1-2-14-37)36-30(40)21-6-8-22(9-7-21)32(42)38-15-3-4-16-38/h5,10-12,17,19,21-22H,1-4,6-9,13-16,18H2,(H,36,40)(H,34,35,41)/t21-,22-. The molecule has 226 valence electrons. The number of amides is 4. The summed E-state index contributed by atoms with van der Waals surface area (Å²) in [6.07, 6.45) is 8.30. The van der Waals surface area contributed by atoms with Crippen LogP contribution in [-0.2, 0) is 20.8 Å². The van der Waals surface area contributed by atoms with Gasteiger partial charge in [-0.1, -0.05) is 17.7 Å². The number of pyridine rings is 1. The molecular formula is C32H36ClN5O5. The van der Waals surface area contributed by atoms with E-state index in [-0.39, 0.29) is 53.2 Å². The Morgan fingerprint density at radius 3 is 2.21 bits per heavy atom. The van der Waals surface area contributed by atoms with E-state index in [0.717, 1.165) is 57.4 Å². The summed E-state index contributed by atoms with van der Waals surface area (Å²) in [5.41, 5.74) is 1.45. The number of fused-ring (bicyclic) bond motifs is 1. The minimum absolute atomic E-state index is 0.0409. The van der Waals surface area contributed by atoms with Gasteiger partial charge in [-0.25, -0.2) is 4.98 Å². The van der Waals surface area contributed by atoms with Gasteiger partial charge in [0.05, 0.1) is 11.4 Å². The summed E-state index contributed by atoms with van der Waals surface area (Å²) in [5, 5.41) is 6.68. The molecule has 1 aliphatic carbocycles. The van der Waals surface area contributed by atoms with Crippen LogP contribution in [0.15, 0.2) is 40.9 Å². The number of halogens is 1. The second-order valence-corrected chi connectivity index (χ2v) is 12.2. The van der Waals surface area contributed by atoms with Gasteiger partial charge in [-0.2, -0.15) is 0 Å². The minimum atomic E-state index is -0.573. The molecule has 2 N–H and O–H groups in total. The summed E-state index contributed by atoms with van der Waals surface area (Å²) in [6, 6.07) is 8.53. The predicted molar refractivity (Wildman–Crippen MR) is 163 cm³/mol. The first kappa shape index (κ1) is 29.2. The van der Waals surface area contributed by atoms with Crippen molar-refractivity contribution in [3.63, 3.8) is 0 Å². The predicted octanol–water partition coefficient (Wildman–Crippen LogP) is 5.27. The van der Waals surface area contributed by atoms with Gasteiger partial charge in [0.15, 0.2) is 0 Å². The smallest absolute Gasteiger partial charge is 0.294 e. The first-order valence-corrected chi connectivity index (χ1v) is 15.6. The molecule has 0 atom stereocenters. The van der Waals surface area contributed by atoms with Crippen LogP contribution in [0.25, 0.3) is 11.0 Å². The van der Waals surface area contributed by atoms with Crippen molar-refractivity contribution in [3.8, 4) is 0 Å². The number of carbonyl (C=O) groups is 4. The molecule has 2 saturated heterocycles. The Morgan fingerprint density at radius 1 is 0.860 bits per heavy atom. The minimum Gasteiger partial charge on any atom is -0.449 e. The quantitative estimate of drug-likeness (QED) is 0.378. The van der Waals surface area contributed by atoms with Crippen molar-refractivity contribution in [3.05, 3.63) is 52.9 Å². The van der Waals surface area contributed by atoms with E-state index in [9.17, 15) is 19.2 Å². The number of benzene rings is 1. The average molecular weight is 606 g/mol. The summed E-state index contributed by atoms with van der Waals surface area (Å²) in [5.74, 6) is -0.628. The van der Waals surface area contributed by atoms with Crippen molar-refractivity contribution in [2.75, 3.05) is 36.8 Å². The Kier molecular flexibility index (Phi) is 8.65. The molecule has 11 heteroatoms. The molecule has 3 aliphatic rings. The van der Waals surface area contributed by atoms with Crippen LogP contribution < -0.4 is 10.6 Å². The van der Waals surface area contributed by atoms with E-state index in [1.54, 1.807) is 18.2 Å². The van der Waals surface area contributed by atoms with E-state index in [1.807, 2.05) is 21.9 Å². The monoisotopic (exact) mass is 605 g/mol. The Bertz CT molecular complexity index is 1520. The highest BCUT2D eigenvalue weighted by molar-refractivity contribution is 6.30. The van der Waals surface area contributed by atoms with Crippen LogP contribution in [0.2, 0.25) is 5.02 Å². The summed E-state index contributed by atoms with van der Waals surface area (Å²) < 4.78 is 5.98. The second-order valence-electron chi connectivity index (χ2n) is 11.8. The SMILES string of the molecule is O=C(Nc1ccc(Cl)cn1)c1oc2ccc(CC(=O)N3CCCC3)cc2c1NC(=O)[C@H]1CC[C@H](C(=O)N2CCCC2)CC1. The molecule has 0 radical (unpaired) electrons. The Balaban J connectivity index is 1.22. The Hall–Kier alpha value is -3.92. The summed E-state index contributed by atoms with van der Waals surface area (Å²) >= 11 is 5.94. The number of rotatable bonds is 7. The molecule has 2 aliphatic heterocycles. The van der Waals surface area contributed by atoms with Crippen molar-refractivity contribution < 1.29 is 23.6 Å². The topological polar surface area (TPSA) is 125 Å². The number of nitrogens with zero attached hydrogens (tertiary/aromatic N) is 3. The van der Waals surface area contributed by atoms with E-state index in [1.165, 1.54) is 6.20 Å². The number of likely N-dealkylation sites (tertiary alicyclic amines) is 2. The first-order chi connectivity index (χ1) is 20.9. The summed E-state index contributed by atoms with van der Waals surface area (Å²) in [7, 11) is 0. The van der Waals surface area contributed by atoms with Gasteiger partial charge < -0.3 is 24.9 Å². The zero-order valence-electron chi connectivity index (χ0n) is 24.1. The lowest BCUT2D eigenvalue weighted by atomic mass is 9.81. The zero-order chi connectivity index (χ0) is 29.9. The van der Waals surface area contributed by atoms with E-state index < -0.39 is 5.91 Å². The molecule has 0 spiro atoms. The molecule has 43 heavy (non-hydrogen) atoms. The fraction of sp³-hybridized carbons (Fsp3) is 0.469. The molecule has 2 aromatic heterocycles. The Labute approximate surface area is 255 Å². The first-order valence-electron chi connectivity index (χ1n) is 15.2. The van der Waals surface area contributed by atoms with Gasteiger partial charge >= 0.3 is 0 Å². The number of carbonyl (C=O) groups excluding carboxylic acids is 4. The number of hydrogen-bond acceptors (Lipinski definition) is 6. The second kappa shape index (κ2) is 12.8. The number of nitrogens with one attached hydrogen (secondary N) is 2. The molecule has 0 unspecified atom stereocenters. The van der Waals surface area contributed by atoms with Gasteiger partial charge in [-0.3, -0.25) is 19.2 Å². The normalized spacial score (nSPS) is 20.4. The number of anilines is 2. The van der Waals surface area contributed by atoms with Crippen molar-refractivity contribution >= 4 is 57.7 Å². The fourth-order valence-corrected chi connectivity index (χ4v) is 6.55. The molecule has 0 bridgehead atoms. The highest BCUT2D eigenvalue weighted by Crippen LogP contribution is 2.36. The lowest BCUT2D eigenvalue weighted by Gasteiger charge is -2.29. The van der Waals surface area contributed by atoms with Crippen LogP contribution in [0, 0.1) is 11.8 Å². The van der Waals surface area contributed by atoms with Crippen LogP contribution in [0.5, 0.6) is 0 Å². The molecule has 1 saturated carbocycles. The zero-order valence-corrected chi connectivity index (χ0v) is 24.8. The van der Waals surface area contributed by atoms with Crippen molar-refractivity contribution in [2.45, 2.75) is 57.8 Å². The summed E-state index contributed by atoms with van der Waals surface area (Å²) in [4.78, 5) is 60.7. The van der Waals surface area contributed by atoms with Gasteiger partial charge in [-0.15, -0.1) is 0 Å². The van der Waals surface area contributed by atoms with Crippen molar-refractivity contribution in [1.82, 2.24) is 14.8 Å². The molecule has 6 rings (SSSR count). The van der Waals surface area contributed by atoms with E-state index in [0.29, 0.717) is 41.7 Å². The third-order valence-electron chi connectivity index (χ3n) is 8.85. The molecule has 4 amide bonds. The third-order valence-corrected chi connectivity index (χ3v) is 9.08. The van der Waals surface area contributed by atoms with Crippen molar-refractivity contribution in [2.24, 2.45) is 11.8 Å². The van der Waals surface area contributed by atoms with E-state index in [4.69, 9.17) is 16.0 Å². The maximum absolute atomic E-state index is 13.6. The van der Waals surface area contributed by atoms with Crippen LogP contribution >= 0.6 is 11.6 Å². The fourth-order valence-electron chi connectivity index (χ4n) is 6.44. The van der Waals surface area contributed by atoms with Crippen molar-refractivity contribution in [1.29, 1.82) is 0 Å². The maximum atomic E-state index is 13.6. The Morgan fingerprint density at radius 2 is 1.53 bits per heavy atom. The van der Waals surface area contributed by atoms with E-state index >= 15 is 0 Å². The van der Waals surface area contributed by atoms with Gasteiger partial charge in [0.25, 0.3) is 5.91 Å². The molecule has 10 nitrogen and oxygen atoms in total. The maximum Gasteiger partial charge on any atom is 0.294 e. The van der Waals surface area contributed by atoms with Crippen LogP contribution in [-0.4, -0.2) is 64.6 Å². The average Bonchev–Trinajstić information content (AvgIpc) is 3.80. The lowest BCUT2D eigenvalue weighted by molar-refractivity contribution is -0.136. The van der Waals surface area contributed by atoms with Gasteiger partial charge in [-0.05, 0) is 81.2 Å². The van der Waals surface area contributed by atoms with Crippen LogP contribution in [0.4, 0.5) is 11.5 Å². The van der Waals surface area contributed by atoms with Gasteiger partial charge in [0, 0.05) is 49.6 Å². The molecule has 4 heterocycles. The van der Waals surface area contributed by atoms with Crippen LogP contribution in [0.1, 0.15) is 67.5 Å². The molecule has 3 aromatic rings. The van der Waals surface area contributed by atoms with Gasteiger partial charge in [0.2, 0.25) is 23.5 Å².